The molecule has 1 amide bonds. The Balaban J connectivity index is 1.29. The zero-order chi connectivity index (χ0) is 22.8. The summed E-state index contributed by atoms with van der Waals surface area (Å²) in [5.74, 6) is 4.91. The fourth-order valence-electron chi connectivity index (χ4n) is 5.51. The maximum Gasteiger partial charge on any atom is 0.230 e. The predicted molar refractivity (Wildman–Crippen MR) is 127 cm³/mol. The Hall–Kier alpha value is -2.74. The number of fused-ring (bicyclic) bond motifs is 2. The monoisotopic (exact) mass is 466 g/mol. The van der Waals surface area contributed by atoms with Gasteiger partial charge in [-0.1, -0.05) is 30.3 Å². The molecule has 33 heavy (non-hydrogen) atoms. The van der Waals surface area contributed by atoms with Crippen LogP contribution in [0.15, 0.2) is 52.2 Å². The van der Waals surface area contributed by atoms with Crippen LogP contribution >= 0.6 is 11.8 Å². The summed E-state index contributed by atoms with van der Waals surface area (Å²) in [5.41, 5.74) is 0.898. The summed E-state index contributed by atoms with van der Waals surface area (Å²) < 4.78 is 12.9. The number of ether oxygens (including phenoxy) is 1. The van der Waals surface area contributed by atoms with Crippen molar-refractivity contribution in [2.45, 2.75) is 50.4 Å². The molecule has 0 radical (unpaired) electrons. The molecule has 0 spiro atoms. The molecule has 4 atom stereocenters. The molecule has 2 fully saturated rings. The van der Waals surface area contributed by atoms with Crippen LogP contribution in [0.5, 0.6) is 5.75 Å². The van der Waals surface area contributed by atoms with Crippen molar-refractivity contribution in [2.24, 2.45) is 17.8 Å². The number of carbonyl (C=O) groups excluding carboxylic acids is 1. The quantitative estimate of drug-likeness (QED) is 0.463. The van der Waals surface area contributed by atoms with Gasteiger partial charge in [0.15, 0.2) is 11.0 Å². The summed E-state index contributed by atoms with van der Waals surface area (Å²) in [6, 6.07) is 11.7. The van der Waals surface area contributed by atoms with Gasteiger partial charge in [-0.3, -0.25) is 9.36 Å². The second kappa shape index (κ2) is 9.63. The number of methoxy groups -OCH3 is 1. The van der Waals surface area contributed by atoms with Crippen molar-refractivity contribution < 1.29 is 13.9 Å². The van der Waals surface area contributed by atoms with Crippen molar-refractivity contribution >= 4 is 17.7 Å². The third-order valence-electron chi connectivity index (χ3n) is 7.09. The number of nitrogens with one attached hydrogen (secondary N) is 1. The molecule has 8 heteroatoms. The highest BCUT2D eigenvalue weighted by atomic mass is 32.2. The van der Waals surface area contributed by atoms with Crippen molar-refractivity contribution in [3.05, 3.63) is 48.4 Å². The number of amides is 1. The molecule has 5 rings (SSSR count). The topological polar surface area (TPSA) is 82.2 Å². The average molecular weight is 467 g/mol. The van der Waals surface area contributed by atoms with Gasteiger partial charge in [-0.15, -0.1) is 10.2 Å². The van der Waals surface area contributed by atoms with E-state index in [1.807, 2.05) is 41.0 Å². The molecule has 3 aromatic rings. The molecular formula is C25H30N4O3S. The summed E-state index contributed by atoms with van der Waals surface area (Å²) in [6.45, 7) is 2.65. The first-order chi connectivity index (χ1) is 16.1. The number of rotatable bonds is 9. The van der Waals surface area contributed by atoms with Gasteiger partial charge in [0.05, 0.1) is 25.7 Å². The highest BCUT2D eigenvalue weighted by Gasteiger charge is 2.42. The van der Waals surface area contributed by atoms with E-state index in [0.717, 1.165) is 28.9 Å². The van der Waals surface area contributed by atoms with E-state index in [1.54, 1.807) is 13.4 Å². The number of aromatic nitrogens is 3. The van der Waals surface area contributed by atoms with Crippen LogP contribution in [-0.4, -0.2) is 39.6 Å². The Kier molecular flexibility index (Phi) is 6.44. The molecule has 2 aliphatic rings. The Bertz CT molecular complexity index is 1100. The summed E-state index contributed by atoms with van der Waals surface area (Å²) in [5, 5.41) is 12.8. The van der Waals surface area contributed by atoms with Crippen molar-refractivity contribution in [1.29, 1.82) is 0 Å². The first-order valence-corrected chi connectivity index (χ1v) is 12.6. The maximum absolute atomic E-state index is 12.8. The van der Waals surface area contributed by atoms with E-state index in [9.17, 15) is 4.79 Å². The van der Waals surface area contributed by atoms with Gasteiger partial charge in [0.1, 0.15) is 11.5 Å². The van der Waals surface area contributed by atoms with Gasteiger partial charge in [0.25, 0.3) is 0 Å². The van der Waals surface area contributed by atoms with E-state index >= 15 is 0 Å². The van der Waals surface area contributed by atoms with Crippen LogP contribution in [0.2, 0.25) is 0 Å². The lowest BCUT2D eigenvalue weighted by atomic mass is 9.84. The van der Waals surface area contributed by atoms with E-state index in [0.29, 0.717) is 29.2 Å². The molecule has 2 aromatic heterocycles. The zero-order valence-corrected chi connectivity index (χ0v) is 19.9. The maximum atomic E-state index is 12.8. The van der Waals surface area contributed by atoms with Crippen LogP contribution in [0, 0.1) is 17.8 Å². The number of benzene rings is 1. The number of thioether (sulfide) groups is 1. The lowest BCUT2D eigenvalue weighted by molar-refractivity contribution is -0.119. The van der Waals surface area contributed by atoms with Crippen LogP contribution in [0.1, 0.15) is 38.4 Å². The van der Waals surface area contributed by atoms with Crippen molar-refractivity contribution in [3.8, 4) is 17.1 Å². The van der Waals surface area contributed by atoms with Crippen molar-refractivity contribution in [2.75, 3.05) is 12.9 Å². The molecule has 4 unspecified atom stereocenters. The molecule has 2 bridgehead atoms. The number of carbonyl (C=O) groups is 1. The number of hydrogen-bond donors (Lipinski definition) is 1. The number of furan rings is 1. The molecular weight excluding hydrogens is 436 g/mol. The fraction of sp³-hybridized carbons (Fsp3) is 0.480. The minimum absolute atomic E-state index is 0.0470. The Labute approximate surface area is 198 Å². The normalized spacial score (nSPS) is 22.4. The lowest BCUT2D eigenvalue weighted by Crippen LogP contribution is -2.40. The molecule has 0 aliphatic heterocycles. The van der Waals surface area contributed by atoms with Crippen LogP contribution in [0.25, 0.3) is 11.4 Å². The van der Waals surface area contributed by atoms with E-state index in [-0.39, 0.29) is 11.9 Å². The second-order valence-corrected chi connectivity index (χ2v) is 10.1. The van der Waals surface area contributed by atoms with Crippen LogP contribution in [0.4, 0.5) is 0 Å². The standard InChI is InChI=1S/C25H30N4O3S/c1-16(22-12-17-8-9-18(22)11-17)26-23(30)15-33-25-28-27-24(19-5-3-6-20(13-19)31-2)29(25)14-21-7-4-10-32-21/h3-7,10,13,16-18,22H,8-9,11-12,14-15H2,1-2H3,(H,26,30). The van der Waals surface area contributed by atoms with Gasteiger partial charge in [-0.25, -0.2) is 0 Å². The van der Waals surface area contributed by atoms with Gasteiger partial charge in [0.2, 0.25) is 5.91 Å². The third-order valence-corrected chi connectivity index (χ3v) is 8.06. The Morgan fingerprint density at radius 2 is 2.18 bits per heavy atom. The van der Waals surface area contributed by atoms with Crippen molar-refractivity contribution in [1.82, 2.24) is 20.1 Å². The molecule has 2 saturated carbocycles. The van der Waals surface area contributed by atoms with Gasteiger partial charge >= 0.3 is 0 Å². The first kappa shape index (κ1) is 22.1. The lowest BCUT2D eigenvalue weighted by Gasteiger charge is -2.28. The molecule has 174 valence electrons. The SMILES string of the molecule is COc1cccc(-c2nnc(SCC(=O)NC(C)C3CC4CCC3C4)n2Cc2ccco2)c1. The van der Waals surface area contributed by atoms with E-state index < -0.39 is 0 Å². The first-order valence-electron chi connectivity index (χ1n) is 11.6. The molecule has 1 N–H and O–H groups in total. The summed E-state index contributed by atoms with van der Waals surface area (Å²) in [7, 11) is 1.64. The fourth-order valence-corrected chi connectivity index (χ4v) is 6.26. The Morgan fingerprint density at radius 3 is 2.91 bits per heavy atom. The molecule has 2 heterocycles. The third kappa shape index (κ3) is 4.81. The van der Waals surface area contributed by atoms with Gasteiger partial charge < -0.3 is 14.5 Å². The Morgan fingerprint density at radius 1 is 1.27 bits per heavy atom. The second-order valence-electron chi connectivity index (χ2n) is 9.19. The molecule has 1 aromatic carbocycles. The van der Waals surface area contributed by atoms with Crippen LogP contribution in [0.3, 0.4) is 0 Å². The minimum Gasteiger partial charge on any atom is -0.497 e. The van der Waals surface area contributed by atoms with E-state index in [1.165, 1.54) is 37.4 Å². The summed E-state index contributed by atoms with van der Waals surface area (Å²) in [4.78, 5) is 12.8. The number of nitrogens with zero attached hydrogens (tertiary/aromatic N) is 3. The van der Waals surface area contributed by atoms with Crippen LogP contribution in [-0.2, 0) is 11.3 Å². The van der Waals surface area contributed by atoms with Crippen LogP contribution < -0.4 is 10.1 Å². The van der Waals surface area contributed by atoms with Gasteiger partial charge in [-0.05, 0) is 68.2 Å². The average Bonchev–Trinajstić information content (AvgIpc) is 3.63. The highest BCUT2D eigenvalue weighted by molar-refractivity contribution is 7.99. The molecule has 7 nitrogen and oxygen atoms in total. The zero-order valence-electron chi connectivity index (χ0n) is 19.1. The van der Waals surface area contributed by atoms with E-state index in [2.05, 4.69) is 22.4 Å². The van der Waals surface area contributed by atoms with Crippen molar-refractivity contribution in [3.63, 3.8) is 0 Å². The highest BCUT2D eigenvalue weighted by Crippen LogP contribution is 2.49. The predicted octanol–water partition coefficient (Wildman–Crippen LogP) is 4.63. The van der Waals surface area contributed by atoms with Gasteiger partial charge in [-0.2, -0.15) is 0 Å². The van der Waals surface area contributed by atoms with Gasteiger partial charge in [0, 0.05) is 11.6 Å². The number of hydrogen-bond acceptors (Lipinski definition) is 6. The van der Waals surface area contributed by atoms with E-state index in [4.69, 9.17) is 9.15 Å². The smallest absolute Gasteiger partial charge is 0.230 e. The largest absolute Gasteiger partial charge is 0.497 e. The summed E-state index contributed by atoms with van der Waals surface area (Å²) >= 11 is 1.41. The minimum atomic E-state index is 0.0470. The molecule has 0 saturated heterocycles. The summed E-state index contributed by atoms with van der Waals surface area (Å²) in [6.07, 6.45) is 6.97. The molecule has 2 aliphatic carbocycles.